The van der Waals surface area contributed by atoms with Crippen LogP contribution in [0.25, 0.3) is 0 Å². The molecule has 2 aromatic rings. The van der Waals surface area contributed by atoms with Crippen molar-refractivity contribution < 1.29 is 8.42 Å². The summed E-state index contributed by atoms with van der Waals surface area (Å²) in [7, 11) is -3.41. The second-order valence-corrected chi connectivity index (χ2v) is 8.12. The molecule has 0 aliphatic carbocycles. The number of anilines is 1. The maximum Gasteiger partial charge on any atom is 0.185 e. The van der Waals surface area contributed by atoms with Gasteiger partial charge in [0.1, 0.15) is 5.82 Å². The number of sulfone groups is 1. The third-order valence-corrected chi connectivity index (χ3v) is 5.89. The summed E-state index contributed by atoms with van der Waals surface area (Å²) in [4.78, 5) is 8.58. The van der Waals surface area contributed by atoms with Crippen LogP contribution in [0.1, 0.15) is 17.7 Å². The lowest BCUT2D eigenvalue weighted by Gasteiger charge is -2.14. The topological polar surface area (TPSA) is 84.0 Å². The summed E-state index contributed by atoms with van der Waals surface area (Å²) in [5.74, 6) is 0.665. The molecule has 0 radical (unpaired) electrons. The minimum Gasteiger partial charge on any atom is -0.366 e. The average Bonchev–Trinajstić information content (AvgIpc) is 3.14. The van der Waals surface area contributed by atoms with E-state index < -0.39 is 9.84 Å². The quantitative estimate of drug-likeness (QED) is 0.861. The van der Waals surface area contributed by atoms with E-state index in [1.165, 1.54) is 17.5 Å². The zero-order chi connectivity index (χ0) is 15.6. The van der Waals surface area contributed by atoms with Crippen LogP contribution in [0.3, 0.4) is 0 Å². The Labute approximate surface area is 133 Å². The number of pyridine rings is 1. The van der Waals surface area contributed by atoms with Crippen molar-refractivity contribution in [1.29, 1.82) is 0 Å². The second-order valence-electron chi connectivity index (χ2n) is 5.41. The van der Waals surface area contributed by atoms with E-state index in [0.29, 0.717) is 11.7 Å². The first-order valence-corrected chi connectivity index (χ1v) is 9.68. The van der Waals surface area contributed by atoms with E-state index in [-0.39, 0.29) is 10.6 Å². The molecule has 0 spiro atoms. The fourth-order valence-electron chi connectivity index (χ4n) is 2.43. The number of hydrogen-bond acceptors (Lipinski definition) is 7. The first-order valence-electron chi connectivity index (χ1n) is 7.08. The van der Waals surface area contributed by atoms with Crippen molar-refractivity contribution in [2.24, 2.45) is 0 Å². The third kappa shape index (κ3) is 3.45. The highest BCUT2D eigenvalue weighted by Crippen LogP contribution is 2.21. The van der Waals surface area contributed by atoms with Gasteiger partial charge in [0.25, 0.3) is 0 Å². The Morgan fingerprint density at radius 3 is 2.95 bits per heavy atom. The molecule has 22 heavy (non-hydrogen) atoms. The number of aryl methyl sites for hydroxylation is 1. The summed E-state index contributed by atoms with van der Waals surface area (Å²) in [6.07, 6.45) is 2.48. The number of nitrogens with one attached hydrogen (secondary N) is 2. The lowest BCUT2D eigenvalue weighted by atomic mass is 10.2. The highest BCUT2D eigenvalue weighted by molar-refractivity contribution is 7.90. The van der Waals surface area contributed by atoms with Crippen LogP contribution in [-0.4, -0.2) is 37.5 Å². The van der Waals surface area contributed by atoms with E-state index in [1.807, 2.05) is 6.92 Å². The van der Waals surface area contributed by atoms with Crippen molar-refractivity contribution >= 4 is 27.0 Å². The van der Waals surface area contributed by atoms with Gasteiger partial charge in [0.05, 0.1) is 21.9 Å². The van der Waals surface area contributed by atoms with Gasteiger partial charge in [-0.15, -0.1) is 11.3 Å². The molecule has 2 N–H and O–H groups in total. The van der Waals surface area contributed by atoms with Gasteiger partial charge in [0, 0.05) is 24.2 Å². The van der Waals surface area contributed by atoms with E-state index in [2.05, 4.69) is 20.6 Å². The number of thiazole rings is 1. The lowest BCUT2D eigenvalue weighted by Crippen LogP contribution is -2.23. The van der Waals surface area contributed by atoms with E-state index in [1.54, 1.807) is 17.0 Å². The van der Waals surface area contributed by atoms with Crippen molar-refractivity contribution in [2.75, 3.05) is 18.4 Å². The fraction of sp³-hybridized carbons (Fsp3) is 0.429. The van der Waals surface area contributed by atoms with Crippen LogP contribution in [0.5, 0.6) is 0 Å². The first-order chi connectivity index (χ1) is 10.5. The molecule has 2 aromatic heterocycles. The van der Waals surface area contributed by atoms with E-state index in [9.17, 15) is 8.42 Å². The first kappa shape index (κ1) is 15.4. The predicted molar refractivity (Wildman–Crippen MR) is 86.9 cm³/mol. The van der Waals surface area contributed by atoms with E-state index in [0.717, 1.165) is 30.9 Å². The summed E-state index contributed by atoms with van der Waals surface area (Å²) in [5, 5.41) is 8.39. The van der Waals surface area contributed by atoms with Crippen LogP contribution < -0.4 is 10.6 Å². The molecule has 6 nitrogen and oxygen atoms in total. The molecule has 118 valence electrons. The predicted octanol–water partition coefficient (Wildman–Crippen LogP) is 1.59. The Balaban J connectivity index is 1.78. The van der Waals surface area contributed by atoms with Gasteiger partial charge in [-0.1, -0.05) is 0 Å². The number of nitrogens with zero attached hydrogens (tertiary/aromatic N) is 2. The molecule has 0 amide bonds. The Kier molecular flexibility index (Phi) is 4.42. The van der Waals surface area contributed by atoms with E-state index in [4.69, 9.17) is 0 Å². The summed E-state index contributed by atoms with van der Waals surface area (Å²) in [6, 6.07) is 2.03. The number of rotatable bonds is 5. The van der Waals surface area contributed by atoms with Crippen molar-refractivity contribution in [3.8, 4) is 0 Å². The van der Waals surface area contributed by atoms with Crippen LogP contribution >= 0.6 is 11.3 Å². The smallest absolute Gasteiger partial charge is 0.185 e. The molecular formula is C14H18N4O2S2. The van der Waals surface area contributed by atoms with Gasteiger partial charge in [0.2, 0.25) is 0 Å². The number of hydrogen-bond donors (Lipinski definition) is 2. The van der Waals surface area contributed by atoms with Crippen LogP contribution in [0, 0.1) is 6.92 Å². The SMILES string of the molecule is Cc1cc(S(=O)(=O)Cc2cscn2)cnc1N[C@H]1CCNC1. The van der Waals surface area contributed by atoms with Crippen molar-refractivity contribution in [2.45, 2.75) is 30.0 Å². The lowest BCUT2D eigenvalue weighted by molar-refractivity contribution is 0.594. The maximum atomic E-state index is 12.4. The fourth-order valence-corrected chi connectivity index (χ4v) is 4.38. The van der Waals surface area contributed by atoms with Crippen LogP contribution in [0.2, 0.25) is 0 Å². The molecule has 0 saturated carbocycles. The summed E-state index contributed by atoms with van der Waals surface area (Å²) < 4.78 is 24.8. The zero-order valence-electron chi connectivity index (χ0n) is 12.2. The Morgan fingerprint density at radius 2 is 2.32 bits per heavy atom. The molecule has 1 aliphatic heterocycles. The van der Waals surface area contributed by atoms with Gasteiger partial charge >= 0.3 is 0 Å². The third-order valence-electron chi connectivity index (χ3n) is 3.63. The van der Waals surface area contributed by atoms with Gasteiger partial charge in [-0.25, -0.2) is 18.4 Å². The van der Waals surface area contributed by atoms with E-state index >= 15 is 0 Å². The minimum atomic E-state index is -3.41. The molecular weight excluding hydrogens is 320 g/mol. The van der Waals surface area contributed by atoms with Gasteiger partial charge in [0.15, 0.2) is 9.84 Å². The van der Waals surface area contributed by atoms with Crippen LogP contribution in [0.4, 0.5) is 5.82 Å². The molecule has 1 atom stereocenters. The van der Waals surface area contributed by atoms with Crippen molar-refractivity contribution in [3.63, 3.8) is 0 Å². The molecule has 1 fully saturated rings. The minimum absolute atomic E-state index is 0.0864. The van der Waals surface area contributed by atoms with Gasteiger partial charge in [-0.05, 0) is 31.5 Å². The van der Waals surface area contributed by atoms with Gasteiger partial charge in [-0.3, -0.25) is 0 Å². The largest absolute Gasteiger partial charge is 0.366 e. The number of aromatic nitrogens is 2. The zero-order valence-corrected chi connectivity index (χ0v) is 13.9. The Morgan fingerprint density at radius 1 is 1.45 bits per heavy atom. The summed E-state index contributed by atoms with van der Waals surface area (Å²) in [6.45, 7) is 3.78. The molecule has 0 unspecified atom stereocenters. The normalized spacial score (nSPS) is 18.5. The molecule has 1 saturated heterocycles. The molecule has 0 bridgehead atoms. The molecule has 3 rings (SSSR count). The standard InChI is InChI=1S/C14H18N4O2S2/c1-10-4-13(22(19,20)8-12-7-21-9-17-12)6-16-14(10)18-11-2-3-15-5-11/h4,6-7,9,11,15H,2-3,5,8H2,1H3,(H,16,18)/t11-/m0/s1. The van der Waals surface area contributed by atoms with Crippen LogP contribution in [-0.2, 0) is 15.6 Å². The van der Waals surface area contributed by atoms with Gasteiger partial charge in [-0.2, -0.15) is 0 Å². The Hall–Kier alpha value is -1.51. The second kappa shape index (κ2) is 6.31. The molecule has 8 heteroatoms. The van der Waals surface area contributed by atoms with Crippen molar-refractivity contribution in [1.82, 2.24) is 15.3 Å². The highest BCUT2D eigenvalue weighted by atomic mass is 32.2. The van der Waals surface area contributed by atoms with Gasteiger partial charge < -0.3 is 10.6 Å². The molecule has 1 aliphatic rings. The maximum absolute atomic E-state index is 12.4. The van der Waals surface area contributed by atoms with Crippen LogP contribution in [0.15, 0.2) is 28.0 Å². The molecule has 0 aromatic carbocycles. The summed E-state index contributed by atoms with van der Waals surface area (Å²) in [5.41, 5.74) is 3.05. The Bertz CT molecular complexity index is 738. The highest BCUT2D eigenvalue weighted by Gasteiger charge is 2.20. The molecule has 3 heterocycles. The monoisotopic (exact) mass is 338 g/mol. The average molecular weight is 338 g/mol. The summed E-state index contributed by atoms with van der Waals surface area (Å²) >= 11 is 1.39. The van der Waals surface area contributed by atoms with Crippen molar-refractivity contribution in [3.05, 3.63) is 34.4 Å².